The Morgan fingerprint density at radius 2 is 1.18 bits per heavy atom. The molecule has 0 heterocycles. The predicted molar refractivity (Wildman–Crippen MR) is 36.9 cm³/mol. The Balaban J connectivity index is -0.0000000612. The smallest absolute Gasteiger partial charge is 1.00 e. The summed E-state index contributed by atoms with van der Waals surface area (Å²) in [5.41, 5.74) is 1.32. The Kier molecular flexibility index (Phi) is 27.1. The van der Waals surface area contributed by atoms with Gasteiger partial charge in [-0.05, 0) is 6.92 Å². The molecule has 0 aromatic heterocycles. The minimum Gasteiger partial charge on any atom is -1.00 e. The number of aryl methyl sites for hydroxylation is 1. The monoisotopic (exact) mass is 224 g/mol. The molecule has 1 aromatic rings. The van der Waals surface area contributed by atoms with Crippen LogP contribution in [-0.2, 0) is 0 Å². The van der Waals surface area contributed by atoms with Crippen LogP contribution >= 0.6 is 0 Å². The molecule has 0 aliphatic heterocycles. The average Bonchev–Trinajstić information content (AvgIpc) is 1.69. The minimum atomic E-state index is 0. The summed E-state index contributed by atoms with van der Waals surface area (Å²) < 4.78 is 0. The molecule has 0 fully saturated rings. The number of hydrogen-bond donors (Lipinski definition) is 0. The van der Waals surface area contributed by atoms with Gasteiger partial charge in [-0.1, -0.05) is 35.9 Å². The van der Waals surface area contributed by atoms with Gasteiger partial charge in [0.25, 0.3) is 0 Å². The van der Waals surface area contributed by atoms with E-state index in [-0.39, 0.29) is 54.6 Å². The fourth-order valence-corrected chi connectivity index (χ4v) is 0.534. The van der Waals surface area contributed by atoms with Crippen LogP contribution in [0.4, 0.5) is 0 Å². The predicted octanol–water partition coefficient (Wildman–Crippen LogP) is -7.37. The van der Waals surface area contributed by atoms with Crippen LogP contribution in [0.1, 0.15) is 5.56 Å². The van der Waals surface area contributed by atoms with Crippen molar-refractivity contribution in [3.05, 3.63) is 35.9 Å². The summed E-state index contributed by atoms with van der Waals surface area (Å²) in [5.74, 6) is 0. The molecule has 0 bridgehead atoms. The molecule has 4 heteroatoms. The zero-order valence-corrected chi connectivity index (χ0v) is 9.52. The quantitative estimate of drug-likeness (QED) is 0.385. The van der Waals surface area contributed by atoms with Gasteiger partial charge >= 0.3 is 17.4 Å². The molecular weight excluding hydrogens is 217 g/mol. The van der Waals surface area contributed by atoms with Crippen molar-refractivity contribution in [3.63, 3.8) is 0 Å². The van der Waals surface area contributed by atoms with Gasteiger partial charge in [-0.25, -0.2) is 0 Å². The fraction of sp³-hybridized carbons (Fsp3) is 0.143. The van der Waals surface area contributed by atoms with Crippen molar-refractivity contribution in [1.29, 1.82) is 0 Å². The van der Waals surface area contributed by atoms with Crippen molar-refractivity contribution >= 4 is 17.4 Å². The summed E-state index contributed by atoms with van der Waals surface area (Å²) in [7, 11) is 0. The maximum Gasteiger partial charge on any atom is 3.00 e. The molecule has 0 saturated carbocycles. The van der Waals surface area contributed by atoms with Gasteiger partial charge in [-0.15, -0.1) is 0 Å². The van der Waals surface area contributed by atoms with E-state index in [1.165, 1.54) is 5.56 Å². The van der Waals surface area contributed by atoms with Gasteiger partial charge in [0, 0.05) is 0 Å². The van der Waals surface area contributed by atoms with E-state index in [4.69, 9.17) is 0 Å². The Hall–Kier alpha value is 0.622. The zero-order chi connectivity index (χ0) is 5.11. The molecule has 1 aromatic carbocycles. The largest absolute Gasteiger partial charge is 3.00 e. The van der Waals surface area contributed by atoms with Gasteiger partial charge < -0.3 is 37.2 Å². The molecule has 11 heavy (non-hydrogen) atoms. The van der Waals surface area contributed by atoms with E-state index in [0.29, 0.717) is 0 Å². The minimum absolute atomic E-state index is 0. The van der Waals surface area contributed by atoms with E-state index in [0.717, 1.165) is 0 Å². The Morgan fingerprint density at radius 1 is 0.818 bits per heavy atom. The van der Waals surface area contributed by atoms with Gasteiger partial charge in [-0.2, -0.15) is 0 Å². The van der Waals surface area contributed by atoms with E-state index in [9.17, 15) is 0 Å². The van der Waals surface area contributed by atoms with E-state index < -0.39 is 0 Å². The van der Waals surface area contributed by atoms with Crippen molar-refractivity contribution in [2.45, 2.75) is 6.92 Å². The summed E-state index contributed by atoms with van der Waals surface area (Å²) in [6.45, 7) is 2.08. The fourth-order valence-electron chi connectivity index (χ4n) is 0.534. The van der Waals surface area contributed by atoms with Crippen LogP contribution in [0.5, 0.6) is 0 Å². The summed E-state index contributed by atoms with van der Waals surface area (Å²) in [6.07, 6.45) is 0. The molecule has 0 N–H and O–H groups in total. The van der Waals surface area contributed by atoms with Gasteiger partial charge in [-0.3, -0.25) is 0 Å². The first-order chi connectivity index (χ1) is 3.39. The van der Waals surface area contributed by atoms with E-state index in [1.807, 2.05) is 18.2 Å². The second-order valence-electron chi connectivity index (χ2n) is 1.65. The maximum absolute atomic E-state index is 2.08. The van der Waals surface area contributed by atoms with Crippen LogP contribution < -0.4 is 37.2 Å². The molecular formula is C7H8AlCl3. The Bertz CT molecular complexity index is 144. The first-order valence-electron chi connectivity index (χ1n) is 2.41. The number of benzene rings is 1. The average molecular weight is 225 g/mol. The SMILES string of the molecule is Cc1ccccc1.[Al+3].[Cl-].[Cl-].[Cl-]. The number of halogens is 3. The first-order valence-corrected chi connectivity index (χ1v) is 2.41. The van der Waals surface area contributed by atoms with Crippen molar-refractivity contribution in [2.75, 3.05) is 0 Å². The van der Waals surface area contributed by atoms with Crippen LogP contribution in [0.3, 0.4) is 0 Å². The molecule has 0 spiro atoms. The number of hydrogen-bond acceptors (Lipinski definition) is 0. The third kappa shape index (κ3) is 10.6. The number of rotatable bonds is 0. The summed E-state index contributed by atoms with van der Waals surface area (Å²) >= 11 is 0. The summed E-state index contributed by atoms with van der Waals surface area (Å²) in [4.78, 5) is 0. The standard InChI is InChI=1S/C7H8.Al.3ClH/c1-7-5-3-2-4-6-7;;;;/h2-6H,1H3;;3*1H/q;+3;;;/p-3. The second kappa shape index (κ2) is 13.2. The maximum atomic E-state index is 2.08. The van der Waals surface area contributed by atoms with Gasteiger partial charge in [0.1, 0.15) is 0 Å². The normalized spacial score (nSPS) is 5.55. The summed E-state index contributed by atoms with van der Waals surface area (Å²) in [6, 6.07) is 10.3. The Morgan fingerprint density at radius 3 is 1.36 bits per heavy atom. The van der Waals surface area contributed by atoms with Gasteiger partial charge in [0.05, 0.1) is 0 Å². The molecule has 0 amide bonds. The van der Waals surface area contributed by atoms with Crippen molar-refractivity contribution in [2.24, 2.45) is 0 Å². The zero-order valence-electron chi connectivity index (χ0n) is 6.10. The molecule has 0 aliphatic rings. The van der Waals surface area contributed by atoms with Crippen molar-refractivity contribution in [3.8, 4) is 0 Å². The van der Waals surface area contributed by atoms with E-state index in [2.05, 4.69) is 19.1 Å². The van der Waals surface area contributed by atoms with Gasteiger partial charge in [0.15, 0.2) is 0 Å². The molecule has 1 rings (SSSR count). The van der Waals surface area contributed by atoms with Crippen LogP contribution in [0.15, 0.2) is 30.3 Å². The third-order valence-corrected chi connectivity index (χ3v) is 0.940. The molecule has 0 saturated heterocycles. The molecule has 0 radical (unpaired) electrons. The van der Waals surface area contributed by atoms with Crippen LogP contribution in [0.2, 0.25) is 0 Å². The van der Waals surface area contributed by atoms with E-state index >= 15 is 0 Å². The third-order valence-electron chi connectivity index (χ3n) is 0.940. The molecule has 60 valence electrons. The topological polar surface area (TPSA) is 0 Å². The molecule has 0 nitrogen and oxygen atoms in total. The second-order valence-corrected chi connectivity index (χ2v) is 1.65. The molecule has 0 atom stereocenters. The van der Waals surface area contributed by atoms with Crippen LogP contribution in [0.25, 0.3) is 0 Å². The molecule has 0 unspecified atom stereocenters. The Labute approximate surface area is 97.1 Å². The van der Waals surface area contributed by atoms with Crippen molar-refractivity contribution in [1.82, 2.24) is 0 Å². The van der Waals surface area contributed by atoms with Gasteiger partial charge in [0.2, 0.25) is 0 Å². The van der Waals surface area contributed by atoms with Crippen LogP contribution in [-0.4, -0.2) is 17.4 Å². The van der Waals surface area contributed by atoms with Crippen molar-refractivity contribution < 1.29 is 37.2 Å². The summed E-state index contributed by atoms with van der Waals surface area (Å²) in [5, 5.41) is 0. The first kappa shape index (κ1) is 22.6. The van der Waals surface area contributed by atoms with Crippen LogP contribution in [0, 0.1) is 6.92 Å². The van der Waals surface area contributed by atoms with E-state index in [1.54, 1.807) is 0 Å². The molecule has 0 aliphatic carbocycles.